The highest BCUT2D eigenvalue weighted by molar-refractivity contribution is 5.91. The van der Waals surface area contributed by atoms with Crippen LogP contribution in [0.4, 0.5) is 0 Å². The standard InChI is InChI=1S/C16H14N4O3/c21-15(9-11-5-1-2-6-12(11)16(22)23)17-10-14-19-18-13-7-3-4-8-20(13)14/h1-8H,9-10H2,(H,17,21)(H,22,23). The SMILES string of the molecule is O=C(Cc1ccccc1C(=O)O)NCc1nnc2ccccn12. The van der Waals surface area contributed by atoms with Crippen molar-refractivity contribution in [2.24, 2.45) is 0 Å². The Labute approximate surface area is 131 Å². The molecule has 0 aliphatic rings. The molecule has 0 unspecified atom stereocenters. The highest BCUT2D eigenvalue weighted by Gasteiger charge is 2.13. The summed E-state index contributed by atoms with van der Waals surface area (Å²) in [4.78, 5) is 23.2. The number of carbonyl (C=O) groups excluding carboxylic acids is 1. The number of carboxylic acid groups (broad SMARTS) is 1. The molecule has 0 saturated carbocycles. The van der Waals surface area contributed by atoms with E-state index in [2.05, 4.69) is 15.5 Å². The Hall–Kier alpha value is -3.22. The molecule has 0 saturated heterocycles. The number of aromatic carboxylic acids is 1. The molecule has 7 heteroatoms. The van der Waals surface area contributed by atoms with Gasteiger partial charge < -0.3 is 10.4 Å². The van der Waals surface area contributed by atoms with Crippen LogP contribution < -0.4 is 5.32 Å². The quantitative estimate of drug-likeness (QED) is 0.740. The van der Waals surface area contributed by atoms with Crippen LogP contribution in [-0.2, 0) is 17.8 Å². The van der Waals surface area contributed by atoms with Gasteiger partial charge >= 0.3 is 5.97 Å². The predicted octanol–water partition coefficient (Wildman–Crippen LogP) is 1.29. The lowest BCUT2D eigenvalue weighted by Gasteiger charge is -2.07. The van der Waals surface area contributed by atoms with Crippen LogP contribution in [0.2, 0.25) is 0 Å². The summed E-state index contributed by atoms with van der Waals surface area (Å²) in [7, 11) is 0. The second-order valence-corrected chi connectivity index (χ2v) is 4.96. The van der Waals surface area contributed by atoms with E-state index in [0.29, 0.717) is 17.0 Å². The minimum absolute atomic E-state index is 0.000784. The van der Waals surface area contributed by atoms with Crippen LogP contribution >= 0.6 is 0 Å². The van der Waals surface area contributed by atoms with Gasteiger partial charge in [0.15, 0.2) is 11.5 Å². The largest absolute Gasteiger partial charge is 0.478 e. The molecule has 7 nitrogen and oxygen atoms in total. The number of carboxylic acids is 1. The lowest BCUT2D eigenvalue weighted by molar-refractivity contribution is -0.120. The number of hydrogen-bond donors (Lipinski definition) is 2. The second-order valence-electron chi connectivity index (χ2n) is 4.96. The highest BCUT2D eigenvalue weighted by atomic mass is 16.4. The summed E-state index contributed by atoms with van der Waals surface area (Å²) in [5.41, 5.74) is 1.31. The van der Waals surface area contributed by atoms with Gasteiger partial charge in [0, 0.05) is 6.20 Å². The molecule has 0 aliphatic heterocycles. The molecule has 3 aromatic rings. The molecule has 2 heterocycles. The Morgan fingerprint density at radius 1 is 1.09 bits per heavy atom. The summed E-state index contributed by atoms with van der Waals surface area (Å²) in [6.45, 7) is 0.221. The van der Waals surface area contributed by atoms with Gasteiger partial charge in [-0.25, -0.2) is 4.79 Å². The molecule has 2 aromatic heterocycles. The van der Waals surface area contributed by atoms with Crippen molar-refractivity contribution in [2.45, 2.75) is 13.0 Å². The maximum atomic E-state index is 12.1. The second kappa shape index (κ2) is 6.27. The number of nitrogens with one attached hydrogen (secondary N) is 1. The Morgan fingerprint density at radius 2 is 1.87 bits per heavy atom. The molecule has 0 fully saturated rings. The smallest absolute Gasteiger partial charge is 0.335 e. The van der Waals surface area contributed by atoms with Crippen LogP contribution in [0.5, 0.6) is 0 Å². The molecular formula is C16H14N4O3. The van der Waals surface area contributed by atoms with Crippen molar-refractivity contribution in [3.8, 4) is 0 Å². The van der Waals surface area contributed by atoms with E-state index in [1.54, 1.807) is 22.6 Å². The minimum atomic E-state index is -1.04. The molecule has 0 spiro atoms. The van der Waals surface area contributed by atoms with Crippen LogP contribution in [-0.4, -0.2) is 31.6 Å². The zero-order valence-electron chi connectivity index (χ0n) is 12.1. The van der Waals surface area contributed by atoms with E-state index >= 15 is 0 Å². The van der Waals surface area contributed by atoms with Gasteiger partial charge in [0.25, 0.3) is 0 Å². The average Bonchev–Trinajstić information content (AvgIpc) is 2.96. The van der Waals surface area contributed by atoms with E-state index in [-0.39, 0.29) is 24.4 Å². The Morgan fingerprint density at radius 3 is 2.70 bits per heavy atom. The average molecular weight is 310 g/mol. The van der Waals surface area contributed by atoms with Crippen molar-refractivity contribution in [3.05, 3.63) is 65.6 Å². The Bertz CT molecular complexity index is 872. The third-order valence-electron chi connectivity index (χ3n) is 3.43. The van der Waals surface area contributed by atoms with Crippen molar-refractivity contribution < 1.29 is 14.7 Å². The minimum Gasteiger partial charge on any atom is -0.478 e. The van der Waals surface area contributed by atoms with E-state index in [4.69, 9.17) is 5.11 Å². The fourth-order valence-electron chi connectivity index (χ4n) is 2.31. The molecule has 0 aliphatic carbocycles. The maximum Gasteiger partial charge on any atom is 0.335 e. The molecular weight excluding hydrogens is 296 g/mol. The van der Waals surface area contributed by atoms with Crippen LogP contribution in [0.3, 0.4) is 0 Å². The summed E-state index contributed by atoms with van der Waals surface area (Å²) < 4.78 is 1.78. The van der Waals surface area contributed by atoms with E-state index in [9.17, 15) is 9.59 Å². The van der Waals surface area contributed by atoms with Crippen LogP contribution in [0.15, 0.2) is 48.7 Å². The molecule has 0 radical (unpaired) electrons. The number of aromatic nitrogens is 3. The molecule has 116 valence electrons. The first-order valence-electron chi connectivity index (χ1n) is 7.01. The van der Waals surface area contributed by atoms with Crippen LogP contribution in [0.1, 0.15) is 21.7 Å². The zero-order chi connectivity index (χ0) is 16.2. The van der Waals surface area contributed by atoms with Gasteiger partial charge in [-0.05, 0) is 23.8 Å². The summed E-state index contributed by atoms with van der Waals surface area (Å²) in [6.07, 6.45) is 1.82. The molecule has 1 aromatic carbocycles. The van der Waals surface area contributed by atoms with Gasteiger partial charge in [-0.15, -0.1) is 10.2 Å². The van der Waals surface area contributed by atoms with E-state index in [0.717, 1.165) is 0 Å². The molecule has 3 rings (SSSR count). The fourth-order valence-corrected chi connectivity index (χ4v) is 2.31. The lowest BCUT2D eigenvalue weighted by atomic mass is 10.0. The van der Waals surface area contributed by atoms with E-state index in [1.807, 2.05) is 24.4 Å². The first-order valence-corrected chi connectivity index (χ1v) is 7.01. The van der Waals surface area contributed by atoms with Crippen molar-refractivity contribution in [1.29, 1.82) is 0 Å². The van der Waals surface area contributed by atoms with Gasteiger partial charge in [0.2, 0.25) is 5.91 Å². The fraction of sp³-hybridized carbons (Fsp3) is 0.125. The van der Waals surface area contributed by atoms with E-state index < -0.39 is 5.97 Å². The number of rotatable bonds is 5. The summed E-state index contributed by atoms with van der Waals surface area (Å²) >= 11 is 0. The predicted molar refractivity (Wildman–Crippen MR) is 81.9 cm³/mol. The number of hydrogen-bond acceptors (Lipinski definition) is 4. The van der Waals surface area contributed by atoms with Gasteiger partial charge in [-0.1, -0.05) is 24.3 Å². The number of pyridine rings is 1. The van der Waals surface area contributed by atoms with Gasteiger partial charge in [-0.2, -0.15) is 0 Å². The number of benzene rings is 1. The van der Waals surface area contributed by atoms with Gasteiger partial charge in [-0.3, -0.25) is 9.20 Å². The normalized spacial score (nSPS) is 10.6. The number of fused-ring (bicyclic) bond motifs is 1. The molecule has 0 atom stereocenters. The third-order valence-corrected chi connectivity index (χ3v) is 3.43. The topological polar surface area (TPSA) is 96.6 Å². The summed E-state index contributed by atoms with van der Waals surface area (Å²) in [6, 6.07) is 12.0. The Balaban J connectivity index is 1.68. The van der Waals surface area contributed by atoms with Crippen LogP contribution in [0.25, 0.3) is 5.65 Å². The molecule has 23 heavy (non-hydrogen) atoms. The highest BCUT2D eigenvalue weighted by Crippen LogP contribution is 2.10. The number of amides is 1. The van der Waals surface area contributed by atoms with Crippen molar-refractivity contribution >= 4 is 17.5 Å². The first-order chi connectivity index (χ1) is 11.1. The number of carbonyl (C=O) groups is 2. The number of nitrogens with zero attached hydrogens (tertiary/aromatic N) is 3. The molecule has 0 bridgehead atoms. The van der Waals surface area contributed by atoms with Crippen LogP contribution in [0, 0.1) is 0 Å². The summed E-state index contributed by atoms with van der Waals surface area (Å²) in [5.74, 6) is -0.705. The maximum absolute atomic E-state index is 12.1. The van der Waals surface area contributed by atoms with Gasteiger partial charge in [0.05, 0.1) is 18.5 Å². The van der Waals surface area contributed by atoms with Crippen molar-refractivity contribution in [1.82, 2.24) is 19.9 Å². The first kappa shape index (κ1) is 14.7. The van der Waals surface area contributed by atoms with Crippen molar-refractivity contribution in [2.75, 3.05) is 0 Å². The van der Waals surface area contributed by atoms with Crippen molar-refractivity contribution in [3.63, 3.8) is 0 Å². The Kier molecular flexibility index (Phi) is 4.01. The third kappa shape index (κ3) is 3.18. The van der Waals surface area contributed by atoms with Gasteiger partial charge in [0.1, 0.15) is 0 Å². The summed E-state index contributed by atoms with van der Waals surface area (Å²) in [5, 5.41) is 19.9. The van der Waals surface area contributed by atoms with E-state index in [1.165, 1.54) is 6.07 Å². The lowest BCUT2D eigenvalue weighted by Crippen LogP contribution is -2.26. The molecule has 2 N–H and O–H groups in total. The molecule has 1 amide bonds. The zero-order valence-corrected chi connectivity index (χ0v) is 12.1. The monoisotopic (exact) mass is 310 g/mol.